The molecule has 86 valence electrons. The van der Waals surface area contributed by atoms with Gasteiger partial charge in [0.15, 0.2) is 0 Å². The molecule has 0 fully saturated rings. The van der Waals surface area contributed by atoms with Gasteiger partial charge in [-0.25, -0.2) is 4.39 Å². The molecule has 0 spiro atoms. The molecule has 0 aliphatic carbocycles. The predicted octanol–water partition coefficient (Wildman–Crippen LogP) is 4.28. The first-order valence-corrected chi connectivity index (χ1v) is 5.79. The average molecular weight is 228 g/mol. The molecule has 2 aromatic rings. The van der Waals surface area contributed by atoms with Crippen LogP contribution in [-0.4, -0.2) is 0 Å². The Morgan fingerprint density at radius 3 is 2.82 bits per heavy atom. The van der Waals surface area contributed by atoms with E-state index in [2.05, 4.69) is 13.0 Å². The Kier molecular flexibility index (Phi) is 2.36. The van der Waals surface area contributed by atoms with Crippen molar-refractivity contribution in [1.82, 2.24) is 0 Å². The SMILES string of the molecule is CC1Cc2cc(F)ccc2Oc2ccccc21. The quantitative estimate of drug-likeness (QED) is 0.654. The van der Waals surface area contributed by atoms with Crippen molar-refractivity contribution < 1.29 is 9.13 Å². The first-order chi connectivity index (χ1) is 8.24. The monoisotopic (exact) mass is 228 g/mol. The standard InChI is InChI=1S/C15H13FO/c1-10-8-11-9-12(16)6-7-14(11)17-15-5-3-2-4-13(10)15/h2-7,9-10H,8H2,1H3. The highest BCUT2D eigenvalue weighted by atomic mass is 19.1. The lowest BCUT2D eigenvalue weighted by molar-refractivity contribution is 0.476. The summed E-state index contributed by atoms with van der Waals surface area (Å²) in [5.74, 6) is 1.79. The van der Waals surface area contributed by atoms with Gasteiger partial charge in [0.25, 0.3) is 0 Å². The maximum Gasteiger partial charge on any atom is 0.130 e. The molecule has 3 rings (SSSR count). The van der Waals surface area contributed by atoms with Crippen molar-refractivity contribution in [3.63, 3.8) is 0 Å². The van der Waals surface area contributed by atoms with Gasteiger partial charge >= 0.3 is 0 Å². The summed E-state index contributed by atoms with van der Waals surface area (Å²) in [4.78, 5) is 0. The highest BCUT2D eigenvalue weighted by molar-refractivity contribution is 5.46. The van der Waals surface area contributed by atoms with Gasteiger partial charge in [-0.3, -0.25) is 0 Å². The van der Waals surface area contributed by atoms with Crippen molar-refractivity contribution in [2.24, 2.45) is 0 Å². The van der Waals surface area contributed by atoms with Crippen LogP contribution in [0.3, 0.4) is 0 Å². The molecular weight excluding hydrogens is 215 g/mol. The molecule has 1 aliphatic rings. The Bertz CT molecular complexity index is 563. The zero-order valence-electron chi connectivity index (χ0n) is 9.61. The molecule has 0 bridgehead atoms. The molecule has 1 nitrogen and oxygen atoms in total. The van der Waals surface area contributed by atoms with Crippen LogP contribution in [0.2, 0.25) is 0 Å². The second-order valence-electron chi connectivity index (χ2n) is 4.50. The van der Waals surface area contributed by atoms with Crippen molar-refractivity contribution in [2.75, 3.05) is 0 Å². The van der Waals surface area contributed by atoms with Crippen molar-refractivity contribution >= 4 is 0 Å². The van der Waals surface area contributed by atoms with Gasteiger partial charge in [0, 0.05) is 0 Å². The molecule has 0 saturated heterocycles. The van der Waals surface area contributed by atoms with Crippen molar-refractivity contribution in [1.29, 1.82) is 0 Å². The van der Waals surface area contributed by atoms with Crippen molar-refractivity contribution in [2.45, 2.75) is 19.3 Å². The Morgan fingerprint density at radius 1 is 1.12 bits per heavy atom. The van der Waals surface area contributed by atoms with E-state index in [1.54, 1.807) is 12.1 Å². The van der Waals surface area contributed by atoms with E-state index >= 15 is 0 Å². The van der Waals surface area contributed by atoms with E-state index < -0.39 is 0 Å². The largest absolute Gasteiger partial charge is 0.457 e. The second kappa shape index (κ2) is 3.88. The van der Waals surface area contributed by atoms with Gasteiger partial charge in [0.2, 0.25) is 0 Å². The molecule has 17 heavy (non-hydrogen) atoms. The lowest BCUT2D eigenvalue weighted by Crippen LogP contribution is -1.96. The normalized spacial score (nSPS) is 17.6. The van der Waals surface area contributed by atoms with Crippen LogP contribution in [-0.2, 0) is 6.42 Å². The molecule has 0 saturated carbocycles. The molecule has 0 N–H and O–H groups in total. The Labute approximate surface area is 99.9 Å². The van der Waals surface area contributed by atoms with Crippen LogP contribution in [0.4, 0.5) is 4.39 Å². The van der Waals surface area contributed by atoms with Crippen LogP contribution in [0.5, 0.6) is 11.5 Å². The topological polar surface area (TPSA) is 9.23 Å². The minimum atomic E-state index is -0.203. The molecule has 1 heterocycles. The molecule has 1 unspecified atom stereocenters. The summed E-state index contributed by atoms with van der Waals surface area (Å²) in [7, 11) is 0. The lowest BCUT2D eigenvalue weighted by atomic mass is 9.94. The number of halogens is 1. The van der Waals surface area contributed by atoms with Gasteiger partial charge in [-0.1, -0.05) is 25.1 Å². The van der Waals surface area contributed by atoms with E-state index in [4.69, 9.17) is 4.74 Å². The van der Waals surface area contributed by atoms with Crippen molar-refractivity contribution in [3.05, 3.63) is 59.4 Å². The predicted molar refractivity (Wildman–Crippen MR) is 65.0 cm³/mol. The fourth-order valence-corrected chi connectivity index (χ4v) is 2.35. The van der Waals surface area contributed by atoms with E-state index in [1.807, 2.05) is 18.2 Å². The molecule has 1 aliphatic heterocycles. The summed E-state index contributed by atoms with van der Waals surface area (Å²) < 4.78 is 19.1. The number of hydrogen-bond acceptors (Lipinski definition) is 1. The molecule has 2 aromatic carbocycles. The summed E-state index contributed by atoms with van der Waals surface area (Å²) in [6.45, 7) is 2.14. The Balaban J connectivity index is 2.13. The molecule has 0 aromatic heterocycles. The average Bonchev–Trinajstić information content (AvgIpc) is 2.46. The van der Waals surface area contributed by atoms with Crippen LogP contribution < -0.4 is 4.74 Å². The van der Waals surface area contributed by atoms with E-state index in [1.165, 1.54) is 11.6 Å². The van der Waals surface area contributed by atoms with Gasteiger partial charge in [0.1, 0.15) is 17.3 Å². The van der Waals surface area contributed by atoms with Crippen LogP contribution in [0.15, 0.2) is 42.5 Å². The summed E-state index contributed by atoms with van der Waals surface area (Å²) >= 11 is 0. The molecule has 2 heteroatoms. The maximum atomic E-state index is 13.2. The third-order valence-corrected chi connectivity index (χ3v) is 3.22. The highest BCUT2D eigenvalue weighted by Gasteiger charge is 2.20. The van der Waals surface area contributed by atoms with E-state index in [-0.39, 0.29) is 5.82 Å². The first kappa shape index (κ1) is 10.3. The van der Waals surface area contributed by atoms with Crippen LogP contribution in [0, 0.1) is 5.82 Å². The number of ether oxygens (including phenoxy) is 1. The van der Waals surface area contributed by atoms with Crippen LogP contribution >= 0.6 is 0 Å². The summed E-state index contributed by atoms with van der Waals surface area (Å²) in [5, 5.41) is 0. The smallest absolute Gasteiger partial charge is 0.130 e. The number of benzene rings is 2. The molecule has 1 atom stereocenters. The Morgan fingerprint density at radius 2 is 1.94 bits per heavy atom. The zero-order valence-corrected chi connectivity index (χ0v) is 9.61. The number of fused-ring (bicyclic) bond motifs is 2. The first-order valence-electron chi connectivity index (χ1n) is 5.79. The van der Waals surface area contributed by atoms with Gasteiger partial charge in [-0.15, -0.1) is 0 Å². The minimum Gasteiger partial charge on any atom is -0.457 e. The third kappa shape index (κ3) is 1.80. The number of para-hydroxylation sites is 1. The van der Waals surface area contributed by atoms with Gasteiger partial charge in [0.05, 0.1) is 0 Å². The zero-order chi connectivity index (χ0) is 11.8. The van der Waals surface area contributed by atoms with Gasteiger partial charge in [-0.2, -0.15) is 0 Å². The van der Waals surface area contributed by atoms with E-state index in [0.717, 1.165) is 23.5 Å². The molecule has 0 amide bonds. The minimum absolute atomic E-state index is 0.203. The van der Waals surface area contributed by atoms with Crippen LogP contribution in [0.1, 0.15) is 24.0 Å². The number of hydrogen-bond donors (Lipinski definition) is 0. The summed E-state index contributed by atoms with van der Waals surface area (Å²) in [6.07, 6.45) is 0.810. The highest BCUT2D eigenvalue weighted by Crippen LogP contribution is 2.38. The second-order valence-corrected chi connectivity index (χ2v) is 4.50. The third-order valence-electron chi connectivity index (χ3n) is 3.22. The van der Waals surface area contributed by atoms with E-state index in [0.29, 0.717) is 5.92 Å². The van der Waals surface area contributed by atoms with Gasteiger partial charge in [-0.05, 0) is 47.7 Å². The fraction of sp³-hybridized carbons (Fsp3) is 0.200. The Hall–Kier alpha value is -1.83. The van der Waals surface area contributed by atoms with Crippen LogP contribution in [0.25, 0.3) is 0 Å². The van der Waals surface area contributed by atoms with Gasteiger partial charge < -0.3 is 4.74 Å². The summed E-state index contributed by atoms with van der Waals surface area (Å²) in [6, 6.07) is 12.7. The lowest BCUT2D eigenvalue weighted by Gasteiger charge is -2.10. The molecule has 0 radical (unpaired) electrons. The maximum absolute atomic E-state index is 13.2. The molecular formula is C15H13FO. The van der Waals surface area contributed by atoms with E-state index in [9.17, 15) is 4.39 Å². The summed E-state index contributed by atoms with van der Waals surface area (Å²) in [5.41, 5.74) is 2.12. The van der Waals surface area contributed by atoms with Crippen molar-refractivity contribution in [3.8, 4) is 11.5 Å². The number of rotatable bonds is 0. The fourth-order valence-electron chi connectivity index (χ4n) is 2.35.